The minimum atomic E-state index is -0.556. The van der Waals surface area contributed by atoms with Gasteiger partial charge in [0.05, 0.1) is 22.2 Å². The summed E-state index contributed by atoms with van der Waals surface area (Å²) in [6, 6.07) is 113. The van der Waals surface area contributed by atoms with Crippen molar-refractivity contribution in [2.24, 2.45) is 0 Å². The average molecular weight is 980 g/mol. The monoisotopic (exact) mass is 979 g/mol. The molecule has 0 aromatic heterocycles. The zero-order valence-corrected chi connectivity index (χ0v) is 42.8. The van der Waals surface area contributed by atoms with Crippen molar-refractivity contribution in [1.29, 1.82) is 0 Å². The van der Waals surface area contributed by atoms with Gasteiger partial charge in [-0.05, 0) is 132 Å². The van der Waals surface area contributed by atoms with Crippen molar-refractivity contribution < 1.29 is 0 Å². The third-order valence-electron chi connectivity index (χ3n) is 17.5. The van der Waals surface area contributed by atoms with E-state index in [1.54, 1.807) is 0 Å². The highest BCUT2D eigenvalue weighted by atomic mass is 15.1. The third-order valence-corrected chi connectivity index (χ3v) is 17.5. The summed E-state index contributed by atoms with van der Waals surface area (Å²) in [7, 11) is 0. The van der Waals surface area contributed by atoms with Gasteiger partial charge >= 0.3 is 0 Å². The maximum atomic E-state index is 2.58. The molecule has 362 valence electrons. The van der Waals surface area contributed by atoms with E-state index < -0.39 is 10.8 Å². The van der Waals surface area contributed by atoms with E-state index in [-0.39, 0.29) is 5.41 Å². The van der Waals surface area contributed by atoms with Crippen LogP contribution in [0.3, 0.4) is 0 Å². The number of hydrogen-bond acceptors (Lipinski definition) is 1. The predicted octanol–water partition coefficient (Wildman–Crippen LogP) is 18.9. The van der Waals surface area contributed by atoms with Gasteiger partial charge in [0.25, 0.3) is 0 Å². The molecule has 0 amide bonds. The molecule has 1 heteroatoms. The lowest BCUT2D eigenvalue weighted by atomic mass is 9.67. The lowest BCUT2D eigenvalue weighted by Gasteiger charge is -2.35. The largest absolute Gasteiger partial charge is 0.309 e. The van der Waals surface area contributed by atoms with Crippen molar-refractivity contribution in [2.45, 2.75) is 23.2 Å². The molecule has 1 nitrogen and oxygen atoms in total. The van der Waals surface area contributed by atoms with Crippen LogP contribution in [0.2, 0.25) is 0 Å². The number of nitrogens with zero attached hydrogens (tertiary/aromatic N) is 1. The predicted molar refractivity (Wildman–Crippen MR) is 319 cm³/mol. The maximum Gasteiger partial charge on any atom is 0.0714 e. The van der Waals surface area contributed by atoms with Crippen LogP contribution in [0.1, 0.15) is 68.1 Å². The third kappa shape index (κ3) is 6.35. The summed E-state index contributed by atoms with van der Waals surface area (Å²) < 4.78 is 0. The van der Waals surface area contributed by atoms with Gasteiger partial charge in [0, 0.05) is 22.2 Å². The summed E-state index contributed by atoms with van der Waals surface area (Å²) in [4.78, 5) is 2.58. The molecule has 3 aliphatic rings. The lowest BCUT2D eigenvalue weighted by molar-refractivity contribution is 0.714. The fourth-order valence-corrected chi connectivity index (χ4v) is 14.3. The number of benzene rings is 12. The van der Waals surface area contributed by atoms with Crippen LogP contribution in [0.5, 0.6) is 0 Å². The van der Waals surface area contributed by atoms with E-state index in [1.165, 1.54) is 106 Å². The molecule has 12 aromatic rings. The summed E-state index contributed by atoms with van der Waals surface area (Å²) in [5.74, 6) is 0. The van der Waals surface area contributed by atoms with Crippen molar-refractivity contribution >= 4 is 17.1 Å². The zero-order chi connectivity index (χ0) is 51.1. The Morgan fingerprint density at radius 3 is 1.14 bits per heavy atom. The first-order valence-electron chi connectivity index (χ1n) is 27.0. The van der Waals surface area contributed by atoms with Gasteiger partial charge in [-0.15, -0.1) is 0 Å². The summed E-state index contributed by atoms with van der Waals surface area (Å²) in [6.07, 6.45) is 0. The highest BCUT2D eigenvalue weighted by Gasteiger charge is 2.49. The number of anilines is 3. The zero-order valence-electron chi connectivity index (χ0n) is 42.8. The Hall–Kier alpha value is -9.56. The molecule has 0 heterocycles. The quantitative estimate of drug-likeness (QED) is 0.139. The van der Waals surface area contributed by atoms with Crippen LogP contribution in [0.25, 0.3) is 44.5 Å². The molecule has 0 bridgehead atoms. The van der Waals surface area contributed by atoms with Gasteiger partial charge in [-0.2, -0.15) is 0 Å². The molecule has 0 radical (unpaired) electrons. The van der Waals surface area contributed by atoms with Crippen LogP contribution in [0.15, 0.2) is 303 Å². The molecule has 77 heavy (non-hydrogen) atoms. The minimum absolute atomic E-state index is 0.373. The highest BCUT2D eigenvalue weighted by Crippen LogP contribution is 2.62. The van der Waals surface area contributed by atoms with Crippen molar-refractivity contribution in [3.05, 3.63) is 365 Å². The lowest BCUT2D eigenvalue weighted by Crippen LogP contribution is -2.28. The number of fused-ring (bicyclic) bond motifs is 9. The van der Waals surface area contributed by atoms with E-state index in [2.05, 4.69) is 315 Å². The summed E-state index contributed by atoms with van der Waals surface area (Å²) in [6.45, 7) is 2.42. The first-order valence-corrected chi connectivity index (χ1v) is 27.0. The topological polar surface area (TPSA) is 3.24 Å². The van der Waals surface area contributed by atoms with E-state index in [9.17, 15) is 0 Å². The van der Waals surface area contributed by atoms with Crippen LogP contribution in [-0.2, 0) is 16.2 Å². The molecular formula is C76H53N. The molecule has 0 fully saturated rings. The van der Waals surface area contributed by atoms with Gasteiger partial charge in [0.15, 0.2) is 0 Å². The maximum absolute atomic E-state index is 2.58. The fourth-order valence-electron chi connectivity index (χ4n) is 14.3. The summed E-state index contributed by atoms with van der Waals surface area (Å²) in [5.41, 5.74) is 26.0. The van der Waals surface area contributed by atoms with E-state index >= 15 is 0 Å². The Kier molecular flexibility index (Phi) is 10.2. The number of hydrogen-bond donors (Lipinski definition) is 0. The second-order valence-electron chi connectivity index (χ2n) is 21.1. The van der Waals surface area contributed by atoms with Crippen LogP contribution >= 0.6 is 0 Å². The second-order valence-corrected chi connectivity index (χ2v) is 21.1. The normalized spacial score (nSPS) is 15.6. The molecule has 12 aromatic carbocycles. The van der Waals surface area contributed by atoms with Gasteiger partial charge in [0.2, 0.25) is 0 Å². The second kappa shape index (κ2) is 17.5. The Morgan fingerprint density at radius 2 is 0.610 bits per heavy atom. The minimum Gasteiger partial charge on any atom is -0.309 e. The first-order chi connectivity index (χ1) is 38.1. The summed E-state index contributed by atoms with van der Waals surface area (Å²) in [5, 5.41) is 0. The van der Waals surface area contributed by atoms with Gasteiger partial charge in [0.1, 0.15) is 0 Å². The standard InChI is InChI=1S/C76H53N/c1-74(54-25-7-2-8-26-54)64-38-20-18-36-62(64)72-67(74)41-23-43-70(72)77(71-44-24-42-68-73(71)63-37-19-22-40-66(63)75(68,55-27-9-3-10-28-55)56-29-11-4-12-30-56)59-48-45-52(46-49-59)53-47-50-61-60-35-17-21-39-65(60)76(69(61)51-53,57-31-13-5-14-32-57)58-33-15-6-16-34-58/h2-51H,1H3. The molecule has 15 rings (SSSR count). The summed E-state index contributed by atoms with van der Waals surface area (Å²) >= 11 is 0. The van der Waals surface area contributed by atoms with Gasteiger partial charge in [-0.3, -0.25) is 0 Å². The highest BCUT2D eigenvalue weighted by molar-refractivity contribution is 6.02. The van der Waals surface area contributed by atoms with Crippen molar-refractivity contribution in [3.63, 3.8) is 0 Å². The first kappa shape index (κ1) is 44.9. The smallest absolute Gasteiger partial charge is 0.0714 e. The molecule has 0 aliphatic heterocycles. The Balaban J connectivity index is 0.967. The van der Waals surface area contributed by atoms with Gasteiger partial charge in [-0.25, -0.2) is 0 Å². The van der Waals surface area contributed by atoms with Crippen LogP contribution in [-0.4, -0.2) is 0 Å². The van der Waals surface area contributed by atoms with Crippen LogP contribution in [0.4, 0.5) is 17.1 Å². The van der Waals surface area contributed by atoms with Crippen LogP contribution < -0.4 is 4.90 Å². The molecule has 0 saturated heterocycles. The van der Waals surface area contributed by atoms with E-state index in [4.69, 9.17) is 0 Å². The van der Waals surface area contributed by atoms with Crippen molar-refractivity contribution in [1.82, 2.24) is 0 Å². The van der Waals surface area contributed by atoms with E-state index in [0.717, 1.165) is 17.1 Å². The van der Waals surface area contributed by atoms with E-state index in [0.29, 0.717) is 0 Å². The molecule has 1 unspecified atom stereocenters. The van der Waals surface area contributed by atoms with Crippen molar-refractivity contribution in [3.8, 4) is 44.5 Å². The van der Waals surface area contributed by atoms with Crippen LogP contribution in [0, 0.1) is 0 Å². The Morgan fingerprint density at radius 1 is 0.247 bits per heavy atom. The SMILES string of the molecule is CC1(c2ccccc2)c2ccccc2-c2c(N(c3ccc(-c4ccc5c(c4)C(c4ccccc4)(c4ccccc4)c4ccccc4-5)cc3)c3cccc4c3-c3ccccc3C4(c3ccccc3)c3ccccc3)cccc21. The number of rotatable bonds is 9. The van der Waals surface area contributed by atoms with Gasteiger partial charge < -0.3 is 4.90 Å². The van der Waals surface area contributed by atoms with Crippen molar-refractivity contribution in [2.75, 3.05) is 4.90 Å². The molecular weight excluding hydrogens is 927 g/mol. The molecule has 1 atom stereocenters. The molecule has 0 N–H and O–H groups in total. The average Bonchev–Trinajstić information content (AvgIpc) is 4.32. The van der Waals surface area contributed by atoms with Gasteiger partial charge in [-0.1, -0.05) is 273 Å². The Labute approximate surface area is 451 Å². The molecule has 3 aliphatic carbocycles. The molecule has 0 saturated carbocycles. The Bertz CT molecular complexity index is 4120. The fraction of sp³-hybridized carbons (Fsp3) is 0.0526. The molecule has 0 spiro atoms. The van der Waals surface area contributed by atoms with E-state index in [1.807, 2.05) is 0 Å².